The first-order valence-electron chi connectivity index (χ1n) is 12.7. The standard InChI is InChI=1S/C30H25F7O/c31-24-13-20-12-18(6-8-22(20)29(34)23(24)10-11-30(35,36)37)28-25(32)14-21(15-26(28)33)27-9-7-19(16-38-27)17-4-2-1-3-5-17/h6,8,12-15,17,19,27H,1-5,7,9,16H2. The van der Waals surface area contributed by atoms with Gasteiger partial charge >= 0.3 is 6.18 Å². The van der Waals surface area contributed by atoms with Crippen molar-refractivity contribution in [3.05, 3.63) is 70.8 Å². The minimum absolute atomic E-state index is 0.0360. The van der Waals surface area contributed by atoms with Crippen LogP contribution in [0.5, 0.6) is 0 Å². The topological polar surface area (TPSA) is 9.23 Å². The van der Waals surface area contributed by atoms with Crippen LogP contribution in [0.1, 0.15) is 62.2 Å². The lowest BCUT2D eigenvalue weighted by Gasteiger charge is -2.36. The second-order valence-electron chi connectivity index (χ2n) is 10.1. The molecule has 1 heterocycles. The molecule has 0 N–H and O–H groups in total. The molecule has 1 saturated carbocycles. The largest absolute Gasteiger partial charge is 0.458 e. The molecule has 38 heavy (non-hydrogen) atoms. The van der Waals surface area contributed by atoms with Gasteiger partial charge in [0.05, 0.1) is 23.8 Å². The lowest BCUT2D eigenvalue weighted by molar-refractivity contribution is -0.0696. The Morgan fingerprint density at radius 1 is 0.763 bits per heavy atom. The van der Waals surface area contributed by atoms with Gasteiger partial charge in [-0.15, -0.1) is 0 Å². The molecule has 0 spiro atoms. The van der Waals surface area contributed by atoms with Crippen LogP contribution in [-0.2, 0) is 4.74 Å². The number of fused-ring (bicyclic) bond motifs is 1. The van der Waals surface area contributed by atoms with Crippen LogP contribution in [0.3, 0.4) is 0 Å². The highest BCUT2D eigenvalue weighted by Crippen LogP contribution is 2.40. The first-order chi connectivity index (χ1) is 18.1. The van der Waals surface area contributed by atoms with Crippen molar-refractivity contribution in [1.29, 1.82) is 0 Å². The summed E-state index contributed by atoms with van der Waals surface area (Å²) in [5.41, 5.74) is -0.957. The minimum atomic E-state index is -4.92. The fourth-order valence-electron chi connectivity index (χ4n) is 5.80. The number of alkyl halides is 3. The maximum atomic E-state index is 15.2. The molecule has 1 nitrogen and oxygen atoms in total. The molecule has 3 aromatic carbocycles. The summed E-state index contributed by atoms with van der Waals surface area (Å²) in [5.74, 6) is -0.817. The van der Waals surface area contributed by atoms with Crippen molar-refractivity contribution < 1.29 is 35.5 Å². The smallest absolute Gasteiger partial charge is 0.373 e. The summed E-state index contributed by atoms with van der Waals surface area (Å²) >= 11 is 0. The third-order valence-electron chi connectivity index (χ3n) is 7.71. The molecule has 1 saturated heterocycles. The molecule has 0 radical (unpaired) electrons. The second kappa shape index (κ2) is 10.6. The van der Waals surface area contributed by atoms with Crippen LogP contribution in [-0.4, -0.2) is 12.8 Å². The molecule has 1 aliphatic carbocycles. The summed E-state index contributed by atoms with van der Waals surface area (Å²) in [6.07, 6.45) is 2.45. The van der Waals surface area contributed by atoms with E-state index in [0.29, 0.717) is 30.4 Å². The van der Waals surface area contributed by atoms with Crippen LogP contribution in [0.4, 0.5) is 30.7 Å². The van der Waals surface area contributed by atoms with Crippen molar-refractivity contribution in [3.8, 4) is 23.0 Å². The number of rotatable bonds is 3. The Morgan fingerprint density at radius 3 is 2.11 bits per heavy atom. The lowest BCUT2D eigenvalue weighted by atomic mass is 9.77. The lowest BCUT2D eigenvalue weighted by Crippen LogP contribution is -2.28. The molecule has 200 valence electrons. The first kappa shape index (κ1) is 26.6. The van der Waals surface area contributed by atoms with Crippen molar-refractivity contribution in [3.63, 3.8) is 0 Å². The molecular formula is C30H25F7O. The molecule has 3 aromatic rings. The second-order valence-corrected chi connectivity index (χ2v) is 10.1. The molecule has 0 aromatic heterocycles. The highest BCUT2D eigenvalue weighted by molar-refractivity contribution is 5.89. The third-order valence-corrected chi connectivity index (χ3v) is 7.71. The molecule has 8 heteroatoms. The Bertz CT molecular complexity index is 1380. The predicted molar refractivity (Wildman–Crippen MR) is 130 cm³/mol. The number of hydrogen-bond donors (Lipinski definition) is 0. The van der Waals surface area contributed by atoms with Crippen LogP contribution >= 0.6 is 0 Å². The van der Waals surface area contributed by atoms with Gasteiger partial charge in [-0.05, 0) is 65.5 Å². The van der Waals surface area contributed by atoms with Crippen LogP contribution in [0.15, 0.2) is 36.4 Å². The SMILES string of the molecule is Fc1cc2cc(-c3c(F)cc(C4CCC(C5CCCCC5)CO4)cc3F)ccc2c(F)c1C#CC(F)(F)F. The fourth-order valence-corrected chi connectivity index (χ4v) is 5.80. The van der Waals surface area contributed by atoms with E-state index in [-0.39, 0.29) is 21.9 Å². The fraction of sp³-hybridized carbons (Fsp3) is 0.400. The van der Waals surface area contributed by atoms with E-state index in [1.165, 1.54) is 62.3 Å². The summed E-state index contributed by atoms with van der Waals surface area (Å²) in [7, 11) is 0. The zero-order valence-corrected chi connectivity index (χ0v) is 20.4. The highest BCUT2D eigenvalue weighted by atomic mass is 19.4. The Labute approximate surface area is 216 Å². The molecule has 2 atom stereocenters. The summed E-state index contributed by atoms with van der Waals surface area (Å²) < 4.78 is 103. The molecule has 0 amide bonds. The number of ether oxygens (including phenoxy) is 1. The van der Waals surface area contributed by atoms with Gasteiger partial charge in [-0.1, -0.05) is 50.2 Å². The normalized spacial score (nSPS) is 20.8. The summed E-state index contributed by atoms with van der Waals surface area (Å²) in [4.78, 5) is 0. The minimum Gasteiger partial charge on any atom is -0.373 e. The summed E-state index contributed by atoms with van der Waals surface area (Å²) in [5, 5.41) is -0.288. The van der Waals surface area contributed by atoms with Crippen molar-refractivity contribution in [2.45, 2.75) is 57.2 Å². The number of halogens is 7. The Hall–Kier alpha value is -3.05. The van der Waals surface area contributed by atoms with E-state index in [2.05, 4.69) is 0 Å². The van der Waals surface area contributed by atoms with Gasteiger partial charge in [-0.25, -0.2) is 17.6 Å². The first-order valence-corrected chi connectivity index (χ1v) is 12.7. The van der Waals surface area contributed by atoms with E-state index in [0.717, 1.165) is 24.5 Å². The quantitative estimate of drug-likeness (QED) is 0.241. The van der Waals surface area contributed by atoms with Gasteiger partial charge in [0.25, 0.3) is 0 Å². The highest BCUT2D eigenvalue weighted by Gasteiger charge is 2.31. The summed E-state index contributed by atoms with van der Waals surface area (Å²) in [6.45, 7) is 0.567. The Kier molecular flexibility index (Phi) is 7.41. The molecule has 5 rings (SSSR count). The maximum absolute atomic E-state index is 15.2. The third kappa shape index (κ3) is 5.54. The van der Waals surface area contributed by atoms with E-state index in [1.54, 1.807) is 0 Å². The van der Waals surface area contributed by atoms with Crippen molar-refractivity contribution in [2.24, 2.45) is 11.8 Å². The predicted octanol–water partition coefficient (Wildman–Crippen LogP) is 9.02. The van der Waals surface area contributed by atoms with Crippen molar-refractivity contribution in [2.75, 3.05) is 6.61 Å². The average molecular weight is 535 g/mol. The molecule has 2 unspecified atom stereocenters. The Balaban J connectivity index is 1.39. The summed E-state index contributed by atoms with van der Waals surface area (Å²) in [6, 6.07) is 6.81. The van der Waals surface area contributed by atoms with Gasteiger partial charge in [0, 0.05) is 11.3 Å². The van der Waals surface area contributed by atoms with Crippen LogP contribution in [0.2, 0.25) is 0 Å². The molecular weight excluding hydrogens is 509 g/mol. The average Bonchev–Trinajstić information content (AvgIpc) is 2.88. The maximum Gasteiger partial charge on any atom is 0.458 e. The zero-order valence-electron chi connectivity index (χ0n) is 20.4. The van der Waals surface area contributed by atoms with E-state index >= 15 is 8.78 Å². The van der Waals surface area contributed by atoms with Gasteiger partial charge in [0.1, 0.15) is 23.3 Å². The van der Waals surface area contributed by atoms with Crippen LogP contribution < -0.4 is 0 Å². The monoisotopic (exact) mass is 534 g/mol. The van der Waals surface area contributed by atoms with Gasteiger partial charge in [-0.2, -0.15) is 13.2 Å². The van der Waals surface area contributed by atoms with Gasteiger partial charge < -0.3 is 4.74 Å². The molecule has 0 bridgehead atoms. The van der Waals surface area contributed by atoms with Crippen molar-refractivity contribution in [1.82, 2.24) is 0 Å². The van der Waals surface area contributed by atoms with Gasteiger partial charge in [-0.3, -0.25) is 0 Å². The van der Waals surface area contributed by atoms with E-state index in [9.17, 15) is 22.0 Å². The van der Waals surface area contributed by atoms with Crippen LogP contribution in [0.25, 0.3) is 21.9 Å². The number of benzene rings is 3. The zero-order chi connectivity index (χ0) is 27.0. The van der Waals surface area contributed by atoms with E-state index in [1.807, 2.05) is 0 Å². The van der Waals surface area contributed by atoms with Gasteiger partial charge in [0.2, 0.25) is 0 Å². The van der Waals surface area contributed by atoms with E-state index < -0.39 is 41.1 Å². The van der Waals surface area contributed by atoms with Crippen molar-refractivity contribution >= 4 is 10.8 Å². The molecule has 1 aliphatic heterocycles. The molecule has 2 aliphatic rings. The van der Waals surface area contributed by atoms with Crippen LogP contribution in [0, 0.1) is 46.9 Å². The van der Waals surface area contributed by atoms with Gasteiger partial charge in [0.15, 0.2) is 0 Å². The van der Waals surface area contributed by atoms with E-state index in [4.69, 9.17) is 4.74 Å². The molecule has 2 fully saturated rings. The Morgan fingerprint density at radius 2 is 1.47 bits per heavy atom. The number of hydrogen-bond acceptors (Lipinski definition) is 1.